The fraction of sp³-hybridized carbons (Fsp3) is 0.909. The molecule has 1 rings (SSSR count). The van der Waals surface area contributed by atoms with E-state index in [9.17, 15) is 18.0 Å². The van der Waals surface area contributed by atoms with E-state index in [1.165, 1.54) is 0 Å². The van der Waals surface area contributed by atoms with Gasteiger partial charge < -0.3 is 14.7 Å². The first-order valence-corrected chi connectivity index (χ1v) is 5.83. The maximum atomic E-state index is 11.8. The number of nitrogens with zero attached hydrogens (tertiary/aromatic N) is 1. The zero-order valence-electron chi connectivity index (χ0n) is 10.3. The molecule has 1 aliphatic heterocycles. The van der Waals surface area contributed by atoms with Crippen molar-refractivity contribution in [3.05, 3.63) is 0 Å². The van der Waals surface area contributed by atoms with Crippen LogP contribution in [0.1, 0.15) is 19.8 Å². The van der Waals surface area contributed by atoms with Crippen molar-refractivity contribution in [1.29, 1.82) is 0 Å². The first-order valence-electron chi connectivity index (χ1n) is 5.83. The van der Waals surface area contributed by atoms with E-state index in [1.807, 2.05) is 4.90 Å². The molecule has 1 saturated heterocycles. The van der Waals surface area contributed by atoms with Crippen LogP contribution in [0.3, 0.4) is 0 Å². The van der Waals surface area contributed by atoms with Gasteiger partial charge in [0, 0.05) is 6.54 Å². The van der Waals surface area contributed by atoms with Crippen molar-refractivity contribution < 1.29 is 27.8 Å². The second-order valence-electron chi connectivity index (χ2n) is 4.88. The van der Waals surface area contributed by atoms with Crippen molar-refractivity contribution in [1.82, 2.24) is 4.90 Å². The molecule has 106 valence electrons. The Bertz CT molecular complexity index is 286. The van der Waals surface area contributed by atoms with Crippen LogP contribution >= 0.6 is 0 Å². The number of aliphatic carboxylic acids is 1. The van der Waals surface area contributed by atoms with E-state index in [0.717, 1.165) is 0 Å². The minimum atomic E-state index is -4.29. The zero-order chi connectivity index (χ0) is 13.8. The lowest BCUT2D eigenvalue weighted by Gasteiger charge is -2.36. The summed E-state index contributed by atoms with van der Waals surface area (Å²) in [4.78, 5) is 12.9. The highest BCUT2D eigenvalue weighted by Crippen LogP contribution is 2.30. The van der Waals surface area contributed by atoms with Crippen LogP contribution in [0.15, 0.2) is 0 Å². The van der Waals surface area contributed by atoms with E-state index in [0.29, 0.717) is 32.5 Å². The standard InChI is InChI=1S/C11H18F3NO3/c1-10(9(16)17)2-4-15(5-3-10)6-7-18-8-11(12,13)14/h2-8H2,1H3,(H,16,17). The summed E-state index contributed by atoms with van der Waals surface area (Å²) < 4.78 is 39.9. The van der Waals surface area contributed by atoms with Crippen LogP contribution in [0.4, 0.5) is 13.2 Å². The Kier molecular flexibility index (Phi) is 4.98. The van der Waals surface area contributed by atoms with Gasteiger partial charge in [-0.25, -0.2) is 0 Å². The molecule has 1 aliphatic rings. The highest BCUT2D eigenvalue weighted by Gasteiger charge is 2.36. The Hall–Kier alpha value is -0.820. The number of piperidine rings is 1. The van der Waals surface area contributed by atoms with Crippen molar-refractivity contribution in [2.24, 2.45) is 5.41 Å². The first kappa shape index (κ1) is 15.2. The average Bonchev–Trinajstić information content (AvgIpc) is 2.25. The fourth-order valence-corrected chi connectivity index (χ4v) is 1.87. The Morgan fingerprint density at radius 2 is 1.94 bits per heavy atom. The Morgan fingerprint density at radius 3 is 2.39 bits per heavy atom. The van der Waals surface area contributed by atoms with E-state index in [2.05, 4.69) is 4.74 Å². The van der Waals surface area contributed by atoms with Crippen LogP contribution in [-0.2, 0) is 9.53 Å². The molecular weight excluding hydrogens is 251 g/mol. The van der Waals surface area contributed by atoms with Crippen molar-refractivity contribution in [3.8, 4) is 0 Å². The minimum Gasteiger partial charge on any atom is -0.481 e. The summed E-state index contributed by atoms with van der Waals surface area (Å²) in [5.41, 5.74) is -0.705. The number of hydrogen-bond donors (Lipinski definition) is 1. The van der Waals surface area contributed by atoms with Crippen LogP contribution in [-0.4, -0.2) is 55.0 Å². The van der Waals surface area contributed by atoms with E-state index in [-0.39, 0.29) is 6.61 Å². The van der Waals surface area contributed by atoms with Crippen LogP contribution < -0.4 is 0 Å². The monoisotopic (exact) mass is 269 g/mol. The highest BCUT2D eigenvalue weighted by molar-refractivity contribution is 5.74. The molecule has 0 amide bonds. The minimum absolute atomic E-state index is 0.0172. The molecule has 0 aromatic carbocycles. The summed E-state index contributed by atoms with van der Waals surface area (Å²) in [6.07, 6.45) is -3.26. The Labute approximate surface area is 104 Å². The van der Waals surface area contributed by atoms with E-state index in [4.69, 9.17) is 5.11 Å². The van der Waals surface area contributed by atoms with Gasteiger partial charge in [-0.05, 0) is 32.9 Å². The van der Waals surface area contributed by atoms with Crippen molar-refractivity contribution in [2.45, 2.75) is 25.9 Å². The van der Waals surface area contributed by atoms with Gasteiger partial charge in [-0.15, -0.1) is 0 Å². The summed E-state index contributed by atoms with van der Waals surface area (Å²) in [6.45, 7) is 2.06. The molecule has 0 atom stereocenters. The molecular formula is C11H18F3NO3. The van der Waals surface area contributed by atoms with Crippen LogP contribution in [0.5, 0.6) is 0 Å². The predicted molar refractivity (Wildman–Crippen MR) is 58.3 cm³/mol. The smallest absolute Gasteiger partial charge is 0.411 e. The Morgan fingerprint density at radius 1 is 1.39 bits per heavy atom. The molecule has 0 bridgehead atoms. The molecule has 0 radical (unpaired) electrons. The lowest BCUT2D eigenvalue weighted by molar-refractivity contribution is -0.175. The SMILES string of the molecule is CC1(C(=O)O)CCN(CCOCC(F)(F)F)CC1. The summed E-state index contributed by atoms with van der Waals surface area (Å²) in [7, 11) is 0. The van der Waals surface area contributed by atoms with Gasteiger partial charge in [-0.2, -0.15) is 13.2 Å². The summed E-state index contributed by atoms with van der Waals surface area (Å²) in [5.74, 6) is -0.810. The molecule has 7 heteroatoms. The largest absolute Gasteiger partial charge is 0.481 e. The number of likely N-dealkylation sites (tertiary alicyclic amines) is 1. The van der Waals surface area contributed by atoms with Gasteiger partial charge in [0.1, 0.15) is 6.61 Å². The van der Waals surface area contributed by atoms with E-state index < -0.39 is 24.2 Å². The number of carbonyl (C=O) groups is 1. The average molecular weight is 269 g/mol. The van der Waals surface area contributed by atoms with Crippen molar-refractivity contribution in [2.75, 3.05) is 32.8 Å². The third-order valence-corrected chi connectivity index (χ3v) is 3.29. The van der Waals surface area contributed by atoms with E-state index in [1.54, 1.807) is 6.92 Å². The fourth-order valence-electron chi connectivity index (χ4n) is 1.87. The molecule has 4 nitrogen and oxygen atoms in total. The molecule has 0 saturated carbocycles. The maximum absolute atomic E-state index is 11.8. The molecule has 0 unspecified atom stereocenters. The van der Waals surface area contributed by atoms with Crippen LogP contribution in [0.2, 0.25) is 0 Å². The first-order chi connectivity index (χ1) is 8.23. The third kappa shape index (κ3) is 4.81. The summed E-state index contributed by atoms with van der Waals surface area (Å²) >= 11 is 0. The number of rotatable bonds is 5. The number of carboxylic acids is 1. The number of alkyl halides is 3. The van der Waals surface area contributed by atoms with Gasteiger partial charge in [0.2, 0.25) is 0 Å². The second-order valence-corrected chi connectivity index (χ2v) is 4.88. The van der Waals surface area contributed by atoms with Crippen molar-refractivity contribution in [3.63, 3.8) is 0 Å². The van der Waals surface area contributed by atoms with Gasteiger partial charge in [0.05, 0.1) is 12.0 Å². The number of halogens is 3. The number of carboxylic acid groups (broad SMARTS) is 1. The molecule has 0 aliphatic carbocycles. The molecule has 0 aromatic rings. The number of ether oxygens (including phenoxy) is 1. The lowest BCUT2D eigenvalue weighted by atomic mass is 9.80. The van der Waals surface area contributed by atoms with Gasteiger partial charge in [0.25, 0.3) is 0 Å². The van der Waals surface area contributed by atoms with Crippen molar-refractivity contribution >= 4 is 5.97 Å². The molecule has 1 heterocycles. The zero-order valence-corrected chi connectivity index (χ0v) is 10.3. The highest BCUT2D eigenvalue weighted by atomic mass is 19.4. The Balaban J connectivity index is 2.18. The van der Waals surface area contributed by atoms with Gasteiger partial charge in [0.15, 0.2) is 0 Å². The van der Waals surface area contributed by atoms with E-state index >= 15 is 0 Å². The third-order valence-electron chi connectivity index (χ3n) is 3.29. The maximum Gasteiger partial charge on any atom is 0.411 e. The quantitative estimate of drug-likeness (QED) is 0.773. The van der Waals surface area contributed by atoms with Gasteiger partial charge >= 0.3 is 12.1 Å². The number of hydrogen-bond acceptors (Lipinski definition) is 3. The molecule has 1 fully saturated rings. The van der Waals surface area contributed by atoms with Crippen LogP contribution in [0.25, 0.3) is 0 Å². The topological polar surface area (TPSA) is 49.8 Å². The molecule has 0 aromatic heterocycles. The summed E-state index contributed by atoms with van der Waals surface area (Å²) in [6, 6.07) is 0. The lowest BCUT2D eigenvalue weighted by Crippen LogP contribution is -2.43. The summed E-state index contributed by atoms with van der Waals surface area (Å²) in [5, 5.41) is 9.02. The second kappa shape index (κ2) is 5.88. The molecule has 0 spiro atoms. The van der Waals surface area contributed by atoms with Crippen LogP contribution in [0, 0.1) is 5.41 Å². The predicted octanol–water partition coefficient (Wildman–Crippen LogP) is 1.75. The normalized spacial score (nSPS) is 20.9. The van der Waals surface area contributed by atoms with Gasteiger partial charge in [-0.3, -0.25) is 4.79 Å². The molecule has 1 N–H and O–H groups in total. The van der Waals surface area contributed by atoms with Gasteiger partial charge in [-0.1, -0.05) is 0 Å². The molecule has 18 heavy (non-hydrogen) atoms.